The van der Waals surface area contributed by atoms with Gasteiger partial charge < -0.3 is 4.52 Å². The van der Waals surface area contributed by atoms with Crippen molar-refractivity contribution in [1.82, 2.24) is 14.9 Å². The predicted molar refractivity (Wildman–Crippen MR) is 83.3 cm³/mol. The van der Waals surface area contributed by atoms with Gasteiger partial charge >= 0.3 is 0 Å². The minimum atomic E-state index is -3.60. The Hall–Kier alpha value is -1.44. The Morgan fingerprint density at radius 2 is 2.05 bits per heavy atom. The van der Waals surface area contributed by atoms with Gasteiger partial charge in [-0.2, -0.15) is 4.98 Å². The molecule has 2 aromatic rings. The molecule has 1 aromatic carbocycles. The monoisotopic (exact) mass is 343 g/mol. The van der Waals surface area contributed by atoms with Gasteiger partial charge in [0.05, 0.1) is 4.90 Å². The van der Waals surface area contributed by atoms with Crippen LogP contribution in [0.4, 0.5) is 0 Å². The largest absolute Gasteiger partial charge is 0.339 e. The SMILES string of the molecule is CC(C)(C)c1nc(CCNS(=O)(=O)c2cccc(Cl)c2)no1. The third-order valence-corrected chi connectivity index (χ3v) is 4.55. The Balaban J connectivity index is 1.97. The van der Waals surface area contributed by atoms with Crippen LogP contribution in [0.5, 0.6) is 0 Å². The Morgan fingerprint density at radius 1 is 1.32 bits per heavy atom. The predicted octanol–water partition coefficient (Wildman–Crippen LogP) is 2.54. The molecule has 22 heavy (non-hydrogen) atoms. The summed E-state index contributed by atoms with van der Waals surface area (Å²) in [6, 6.07) is 6.09. The summed E-state index contributed by atoms with van der Waals surface area (Å²) in [5.74, 6) is 0.999. The average molecular weight is 344 g/mol. The van der Waals surface area contributed by atoms with Crippen molar-refractivity contribution < 1.29 is 12.9 Å². The number of benzene rings is 1. The van der Waals surface area contributed by atoms with Gasteiger partial charge in [-0.15, -0.1) is 0 Å². The van der Waals surface area contributed by atoms with Gasteiger partial charge in [0.15, 0.2) is 5.82 Å². The highest BCUT2D eigenvalue weighted by Crippen LogP contribution is 2.19. The fraction of sp³-hybridized carbons (Fsp3) is 0.429. The van der Waals surface area contributed by atoms with Crippen molar-refractivity contribution in [2.24, 2.45) is 0 Å². The molecule has 0 spiro atoms. The molecule has 2 rings (SSSR count). The van der Waals surface area contributed by atoms with E-state index in [1.807, 2.05) is 20.8 Å². The Bertz CT molecular complexity index is 751. The van der Waals surface area contributed by atoms with Gasteiger partial charge in [-0.05, 0) is 18.2 Å². The van der Waals surface area contributed by atoms with E-state index in [2.05, 4.69) is 14.9 Å². The molecule has 0 fully saturated rings. The number of nitrogens with zero attached hydrogens (tertiary/aromatic N) is 2. The zero-order chi connectivity index (χ0) is 16.4. The summed E-state index contributed by atoms with van der Waals surface area (Å²) in [4.78, 5) is 4.38. The van der Waals surface area contributed by atoms with E-state index in [1.54, 1.807) is 12.1 Å². The summed E-state index contributed by atoms with van der Waals surface area (Å²) in [6.45, 7) is 6.07. The first-order valence-electron chi connectivity index (χ1n) is 6.77. The lowest BCUT2D eigenvalue weighted by atomic mass is 9.97. The molecule has 0 atom stereocenters. The molecule has 0 saturated carbocycles. The van der Waals surface area contributed by atoms with Gasteiger partial charge in [0.25, 0.3) is 0 Å². The van der Waals surface area contributed by atoms with Gasteiger partial charge in [-0.3, -0.25) is 0 Å². The van der Waals surface area contributed by atoms with Crippen LogP contribution in [0.3, 0.4) is 0 Å². The topological polar surface area (TPSA) is 85.1 Å². The number of hydrogen-bond donors (Lipinski definition) is 1. The Labute approximate surface area is 134 Å². The molecule has 120 valence electrons. The van der Waals surface area contributed by atoms with Crippen LogP contribution < -0.4 is 4.72 Å². The molecule has 0 radical (unpaired) electrons. The normalized spacial score (nSPS) is 12.5. The standard InChI is InChI=1S/C14H18ClN3O3S/c1-14(2,3)13-17-12(18-21-13)7-8-16-22(19,20)11-6-4-5-10(15)9-11/h4-6,9,16H,7-8H2,1-3H3. The van der Waals surface area contributed by atoms with Crippen LogP contribution in [0.15, 0.2) is 33.7 Å². The highest BCUT2D eigenvalue weighted by atomic mass is 35.5. The van der Waals surface area contributed by atoms with E-state index in [0.29, 0.717) is 23.2 Å². The summed E-state index contributed by atoms with van der Waals surface area (Å²) >= 11 is 5.80. The molecule has 0 bridgehead atoms. The quantitative estimate of drug-likeness (QED) is 0.901. The lowest BCUT2D eigenvalue weighted by molar-refractivity contribution is 0.318. The molecule has 0 saturated heterocycles. The minimum Gasteiger partial charge on any atom is -0.339 e. The maximum absolute atomic E-state index is 12.1. The second kappa shape index (κ2) is 6.36. The maximum Gasteiger partial charge on any atom is 0.240 e. The van der Waals surface area contributed by atoms with Gasteiger partial charge in [-0.25, -0.2) is 13.1 Å². The van der Waals surface area contributed by atoms with Crippen molar-refractivity contribution >= 4 is 21.6 Å². The van der Waals surface area contributed by atoms with Gasteiger partial charge in [0.2, 0.25) is 15.9 Å². The average Bonchev–Trinajstić information content (AvgIpc) is 2.87. The first-order valence-corrected chi connectivity index (χ1v) is 8.63. The van der Waals surface area contributed by atoms with Crippen molar-refractivity contribution in [2.75, 3.05) is 6.54 Å². The zero-order valence-electron chi connectivity index (χ0n) is 12.6. The molecular weight excluding hydrogens is 326 g/mol. The minimum absolute atomic E-state index is 0.128. The number of rotatable bonds is 5. The van der Waals surface area contributed by atoms with E-state index in [4.69, 9.17) is 16.1 Å². The van der Waals surface area contributed by atoms with E-state index in [9.17, 15) is 8.42 Å². The number of sulfonamides is 1. The van der Waals surface area contributed by atoms with E-state index in [1.165, 1.54) is 12.1 Å². The molecule has 1 heterocycles. The smallest absolute Gasteiger partial charge is 0.240 e. The van der Waals surface area contributed by atoms with Gasteiger partial charge in [0, 0.05) is 23.4 Å². The molecule has 1 aromatic heterocycles. The lowest BCUT2D eigenvalue weighted by Gasteiger charge is -2.10. The molecule has 0 aliphatic heterocycles. The van der Waals surface area contributed by atoms with Crippen LogP contribution in [-0.4, -0.2) is 25.1 Å². The van der Waals surface area contributed by atoms with Crippen LogP contribution in [0.25, 0.3) is 0 Å². The van der Waals surface area contributed by atoms with E-state index in [0.717, 1.165) is 0 Å². The second-order valence-electron chi connectivity index (χ2n) is 5.87. The molecular formula is C14H18ClN3O3S. The third kappa shape index (κ3) is 4.28. The van der Waals surface area contributed by atoms with E-state index >= 15 is 0 Å². The van der Waals surface area contributed by atoms with E-state index in [-0.39, 0.29) is 16.9 Å². The summed E-state index contributed by atoms with van der Waals surface area (Å²) in [5, 5.41) is 4.22. The highest BCUT2D eigenvalue weighted by molar-refractivity contribution is 7.89. The lowest BCUT2D eigenvalue weighted by Crippen LogP contribution is -2.26. The van der Waals surface area contributed by atoms with Crippen LogP contribution in [0, 0.1) is 0 Å². The number of nitrogens with one attached hydrogen (secondary N) is 1. The third-order valence-electron chi connectivity index (χ3n) is 2.86. The van der Waals surface area contributed by atoms with Crippen LogP contribution in [0.1, 0.15) is 32.5 Å². The molecule has 0 amide bonds. The molecule has 0 aliphatic rings. The van der Waals surface area contributed by atoms with E-state index < -0.39 is 10.0 Å². The molecule has 0 unspecified atom stereocenters. The fourth-order valence-electron chi connectivity index (χ4n) is 1.67. The van der Waals surface area contributed by atoms with Crippen molar-refractivity contribution in [3.05, 3.63) is 41.0 Å². The number of aromatic nitrogens is 2. The van der Waals surface area contributed by atoms with Crippen LogP contribution in [-0.2, 0) is 21.9 Å². The van der Waals surface area contributed by atoms with Crippen LogP contribution >= 0.6 is 11.6 Å². The number of halogens is 1. The highest BCUT2D eigenvalue weighted by Gasteiger charge is 2.22. The summed E-state index contributed by atoms with van der Waals surface area (Å²) < 4.78 is 31.9. The first-order chi connectivity index (χ1) is 10.2. The molecule has 6 nitrogen and oxygen atoms in total. The molecule has 1 N–H and O–H groups in total. The van der Waals surface area contributed by atoms with Gasteiger partial charge in [0.1, 0.15) is 0 Å². The summed E-state index contributed by atoms with van der Waals surface area (Å²) in [5.41, 5.74) is -0.231. The van der Waals surface area contributed by atoms with Crippen molar-refractivity contribution in [3.8, 4) is 0 Å². The summed E-state index contributed by atoms with van der Waals surface area (Å²) in [6.07, 6.45) is 0.347. The second-order valence-corrected chi connectivity index (χ2v) is 8.07. The Morgan fingerprint density at radius 3 is 2.64 bits per heavy atom. The Kier molecular flexibility index (Phi) is 4.89. The van der Waals surface area contributed by atoms with Crippen molar-refractivity contribution in [2.45, 2.75) is 37.5 Å². The fourth-order valence-corrected chi connectivity index (χ4v) is 3.01. The molecule has 8 heteroatoms. The van der Waals surface area contributed by atoms with Crippen molar-refractivity contribution in [1.29, 1.82) is 0 Å². The summed E-state index contributed by atoms with van der Waals surface area (Å²) in [7, 11) is -3.60. The maximum atomic E-state index is 12.1. The zero-order valence-corrected chi connectivity index (χ0v) is 14.2. The van der Waals surface area contributed by atoms with Gasteiger partial charge in [-0.1, -0.05) is 43.6 Å². The van der Waals surface area contributed by atoms with Crippen molar-refractivity contribution in [3.63, 3.8) is 0 Å². The molecule has 0 aliphatic carbocycles. The van der Waals surface area contributed by atoms with Crippen LogP contribution in [0.2, 0.25) is 5.02 Å². The number of hydrogen-bond acceptors (Lipinski definition) is 5. The first kappa shape index (κ1) is 16.9.